The molecule has 1 aromatic carbocycles. The third-order valence-corrected chi connectivity index (χ3v) is 4.46. The van der Waals surface area contributed by atoms with Crippen LogP contribution >= 0.6 is 11.6 Å². The molecule has 1 aliphatic rings. The fraction of sp³-hybridized carbons (Fsp3) is 0.625. The summed E-state index contributed by atoms with van der Waals surface area (Å²) in [5.41, 5.74) is 0.960. The van der Waals surface area contributed by atoms with Gasteiger partial charge in [0, 0.05) is 17.6 Å². The molecule has 1 unspecified atom stereocenters. The van der Waals surface area contributed by atoms with Crippen molar-refractivity contribution in [3.63, 3.8) is 0 Å². The minimum absolute atomic E-state index is 0.386. The maximum Gasteiger partial charge on any atom is 0.0802 e. The number of aliphatic hydroxyl groups excluding tert-OH is 1. The van der Waals surface area contributed by atoms with Gasteiger partial charge in [0.05, 0.1) is 6.10 Å². The average molecular weight is 282 g/mol. The molecular formula is C16H24ClNO. The van der Waals surface area contributed by atoms with Gasteiger partial charge in [0.15, 0.2) is 0 Å². The van der Waals surface area contributed by atoms with Crippen LogP contribution in [0.4, 0.5) is 0 Å². The standard InChI is InChI=1S/C16H24ClNO/c1-18(15-5-3-2-4-6-15)12-11-16(19)13-7-9-14(17)10-8-13/h7-10,15-16,19H,2-6,11-12H2,1H3. The zero-order chi connectivity index (χ0) is 13.7. The molecular weight excluding hydrogens is 258 g/mol. The highest BCUT2D eigenvalue weighted by atomic mass is 35.5. The Labute approximate surface area is 121 Å². The molecule has 0 aromatic heterocycles. The first kappa shape index (κ1) is 14.8. The van der Waals surface area contributed by atoms with Crippen molar-refractivity contribution in [2.45, 2.75) is 50.7 Å². The molecule has 1 saturated carbocycles. The van der Waals surface area contributed by atoms with Gasteiger partial charge in [-0.1, -0.05) is 43.0 Å². The second-order valence-electron chi connectivity index (χ2n) is 5.63. The predicted octanol–water partition coefficient (Wildman–Crippen LogP) is 4.03. The normalized spacial score (nSPS) is 18.7. The minimum atomic E-state index is -0.386. The maximum absolute atomic E-state index is 10.2. The van der Waals surface area contributed by atoms with Gasteiger partial charge in [-0.15, -0.1) is 0 Å². The number of hydrogen-bond acceptors (Lipinski definition) is 2. The number of benzene rings is 1. The summed E-state index contributed by atoms with van der Waals surface area (Å²) in [6, 6.07) is 8.21. The van der Waals surface area contributed by atoms with E-state index in [1.165, 1.54) is 32.1 Å². The molecule has 0 spiro atoms. The third-order valence-electron chi connectivity index (χ3n) is 4.21. The lowest BCUT2D eigenvalue weighted by molar-refractivity contribution is 0.125. The molecule has 0 amide bonds. The first-order valence-corrected chi connectivity index (χ1v) is 7.68. The van der Waals surface area contributed by atoms with E-state index < -0.39 is 0 Å². The molecule has 1 atom stereocenters. The van der Waals surface area contributed by atoms with Gasteiger partial charge in [-0.25, -0.2) is 0 Å². The van der Waals surface area contributed by atoms with Crippen LogP contribution in [-0.4, -0.2) is 29.6 Å². The van der Waals surface area contributed by atoms with Crippen LogP contribution in [0, 0.1) is 0 Å². The molecule has 0 radical (unpaired) electrons. The van der Waals surface area contributed by atoms with Crippen molar-refractivity contribution in [1.29, 1.82) is 0 Å². The lowest BCUT2D eigenvalue weighted by Crippen LogP contribution is -2.34. The van der Waals surface area contributed by atoms with Gasteiger partial charge in [0.2, 0.25) is 0 Å². The van der Waals surface area contributed by atoms with E-state index in [9.17, 15) is 5.11 Å². The average Bonchev–Trinajstić information content (AvgIpc) is 2.46. The molecule has 3 heteroatoms. The Hall–Kier alpha value is -0.570. The molecule has 1 N–H and O–H groups in total. The molecule has 0 heterocycles. The van der Waals surface area contributed by atoms with Crippen molar-refractivity contribution in [1.82, 2.24) is 4.90 Å². The summed E-state index contributed by atoms with van der Waals surface area (Å²) >= 11 is 5.86. The lowest BCUT2D eigenvalue weighted by Gasteiger charge is -2.31. The van der Waals surface area contributed by atoms with E-state index in [2.05, 4.69) is 11.9 Å². The van der Waals surface area contributed by atoms with Gasteiger partial charge in [0.1, 0.15) is 0 Å². The highest BCUT2D eigenvalue weighted by Crippen LogP contribution is 2.24. The van der Waals surface area contributed by atoms with E-state index in [0.717, 1.165) is 23.6 Å². The molecule has 1 aromatic rings. The molecule has 106 valence electrons. The van der Waals surface area contributed by atoms with E-state index in [-0.39, 0.29) is 6.10 Å². The Morgan fingerprint density at radius 2 is 1.84 bits per heavy atom. The van der Waals surface area contributed by atoms with Crippen molar-refractivity contribution >= 4 is 11.6 Å². The molecule has 1 aliphatic carbocycles. The third kappa shape index (κ3) is 4.48. The van der Waals surface area contributed by atoms with Crippen LogP contribution in [0.3, 0.4) is 0 Å². The number of nitrogens with zero attached hydrogens (tertiary/aromatic N) is 1. The van der Waals surface area contributed by atoms with Gasteiger partial charge in [-0.3, -0.25) is 0 Å². The monoisotopic (exact) mass is 281 g/mol. The van der Waals surface area contributed by atoms with Gasteiger partial charge in [-0.2, -0.15) is 0 Å². The van der Waals surface area contributed by atoms with Crippen molar-refractivity contribution in [3.8, 4) is 0 Å². The topological polar surface area (TPSA) is 23.5 Å². The summed E-state index contributed by atoms with van der Waals surface area (Å²) in [4.78, 5) is 2.41. The van der Waals surface area contributed by atoms with Crippen molar-refractivity contribution in [2.24, 2.45) is 0 Å². The van der Waals surface area contributed by atoms with E-state index in [1.807, 2.05) is 24.3 Å². The second kappa shape index (κ2) is 7.28. The summed E-state index contributed by atoms with van der Waals surface area (Å²) in [6.45, 7) is 0.953. The van der Waals surface area contributed by atoms with E-state index in [1.54, 1.807) is 0 Å². The number of rotatable bonds is 5. The highest BCUT2D eigenvalue weighted by Gasteiger charge is 2.18. The van der Waals surface area contributed by atoms with E-state index >= 15 is 0 Å². The smallest absolute Gasteiger partial charge is 0.0802 e. The highest BCUT2D eigenvalue weighted by molar-refractivity contribution is 6.30. The van der Waals surface area contributed by atoms with Gasteiger partial charge >= 0.3 is 0 Å². The zero-order valence-corrected chi connectivity index (χ0v) is 12.4. The van der Waals surface area contributed by atoms with Gasteiger partial charge < -0.3 is 10.0 Å². The Morgan fingerprint density at radius 3 is 2.47 bits per heavy atom. The molecule has 19 heavy (non-hydrogen) atoms. The fourth-order valence-corrected chi connectivity index (χ4v) is 3.01. The van der Waals surface area contributed by atoms with Crippen LogP contribution in [0.2, 0.25) is 5.02 Å². The van der Waals surface area contributed by atoms with E-state index in [0.29, 0.717) is 6.04 Å². The maximum atomic E-state index is 10.2. The van der Waals surface area contributed by atoms with Crippen LogP contribution in [0.5, 0.6) is 0 Å². The summed E-state index contributed by atoms with van der Waals surface area (Å²) in [5, 5.41) is 10.9. The minimum Gasteiger partial charge on any atom is -0.388 e. The summed E-state index contributed by atoms with van der Waals surface area (Å²) in [5.74, 6) is 0. The summed E-state index contributed by atoms with van der Waals surface area (Å²) < 4.78 is 0. The molecule has 1 fully saturated rings. The van der Waals surface area contributed by atoms with Crippen LogP contribution in [0.25, 0.3) is 0 Å². The first-order chi connectivity index (χ1) is 9.16. The van der Waals surface area contributed by atoms with E-state index in [4.69, 9.17) is 11.6 Å². The Bertz CT molecular complexity index is 373. The van der Waals surface area contributed by atoms with Crippen LogP contribution in [-0.2, 0) is 0 Å². The van der Waals surface area contributed by atoms with Gasteiger partial charge in [0.25, 0.3) is 0 Å². The second-order valence-corrected chi connectivity index (χ2v) is 6.06. The van der Waals surface area contributed by atoms with Crippen molar-refractivity contribution in [3.05, 3.63) is 34.9 Å². The first-order valence-electron chi connectivity index (χ1n) is 7.30. The summed E-state index contributed by atoms with van der Waals surface area (Å²) in [7, 11) is 2.19. The number of aliphatic hydroxyl groups is 1. The SMILES string of the molecule is CN(CCC(O)c1ccc(Cl)cc1)C1CCCCC1. The van der Waals surface area contributed by atoms with Gasteiger partial charge in [-0.05, 0) is 44.0 Å². The zero-order valence-electron chi connectivity index (χ0n) is 11.7. The molecule has 0 bridgehead atoms. The van der Waals surface area contributed by atoms with Crippen molar-refractivity contribution < 1.29 is 5.11 Å². The van der Waals surface area contributed by atoms with Crippen LogP contribution in [0.15, 0.2) is 24.3 Å². The Kier molecular flexibility index (Phi) is 5.68. The largest absolute Gasteiger partial charge is 0.388 e. The fourth-order valence-electron chi connectivity index (χ4n) is 2.88. The molecule has 0 aliphatic heterocycles. The Morgan fingerprint density at radius 1 is 1.21 bits per heavy atom. The van der Waals surface area contributed by atoms with Crippen molar-refractivity contribution in [2.75, 3.05) is 13.6 Å². The summed E-state index contributed by atoms with van der Waals surface area (Å²) in [6.07, 6.45) is 7.13. The van der Waals surface area contributed by atoms with Crippen LogP contribution in [0.1, 0.15) is 50.2 Å². The predicted molar refractivity (Wildman–Crippen MR) is 80.5 cm³/mol. The number of hydrogen-bond donors (Lipinski definition) is 1. The molecule has 2 rings (SSSR count). The quantitative estimate of drug-likeness (QED) is 0.881. The molecule has 0 saturated heterocycles. The number of halogens is 1. The Balaban J connectivity index is 1.79. The van der Waals surface area contributed by atoms with Crippen LogP contribution < -0.4 is 0 Å². The molecule has 2 nitrogen and oxygen atoms in total. The lowest BCUT2D eigenvalue weighted by atomic mass is 9.94.